The first-order chi connectivity index (χ1) is 9.13. The molecule has 0 aromatic carbocycles. The third-order valence-corrected chi connectivity index (χ3v) is 3.23. The van der Waals surface area contributed by atoms with Crippen molar-refractivity contribution in [1.29, 1.82) is 0 Å². The first-order valence-electron chi connectivity index (χ1n) is 6.67. The minimum absolute atomic E-state index is 0.0340. The lowest BCUT2D eigenvalue weighted by molar-refractivity contribution is -0.122. The summed E-state index contributed by atoms with van der Waals surface area (Å²) < 4.78 is 4.97. The molecule has 1 aliphatic heterocycles. The van der Waals surface area contributed by atoms with Crippen LogP contribution >= 0.6 is 0 Å². The maximum atomic E-state index is 11.7. The molecule has 0 aliphatic carbocycles. The van der Waals surface area contributed by atoms with Crippen LogP contribution in [-0.4, -0.2) is 53.2 Å². The van der Waals surface area contributed by atoms with Crippen LogP contribution in [0.3, 0.4) is 0 Å². The van der Waals surface area contributed by atoms with Gasteiger partial charge in [-0.15, -0.1) is 0 Å². The predicted octanol–water partition coefficient (Wildman–Crippen LogP) is -0.540. The van der Waals surface area contributed by atoms with E-state index in [1.165, 1.54) is 0 Å². The van der Waals surface area contributed by atoms with Crippen molar-refractivity contribution in [3.63, 3.8) is 0 Å². The molecule has 1 aromatic rings. The Morgan fingerprint density at radius 1 is 1.53 bits per heavy atom. The SMILES string of the molecule is Cc1noc(CCNC(=O)CN2CCC(N)CC2)n1. The number of carbonyl (C=O) groups is 1. The molecule has 0 atom stereocenters. The van der Waals surface area contributed by atoms with Crippen LogP contribution in [0.5, 0.6) is 0 Å². The largest absolute Gasteiger partial charge is 0.354 e. The predicted molar refractivity (Wildman–Crippen MR) is 69.4 cm³/mol. The lowest BCUT2D eigenvalue weighted by Crippen LogP contribution is -2.44. The summed E-state index contributed by atoms with van der Waals surface area (Å²) in [6, 6.07) is 0.292. The Balaban J connectivity index is 1.62. The standard InChI is InChI=1S/C12H21N5O2/c1-9-15-12(19-16-9)2-5-14-11(18)8-17-6-3-10(13)4-7-17/h10H,2-8,13H2,1H3,(H,14,18). The second-order valence-electron chi connectivity index (χ2n) is 4.95. The molecule has 0 spiro atoms. The average molecular weight is 267 g/mol. The molecular formula is C12H21N5O2. The number of rotatable bonds is 5. The zero-order chi connectivity index (χ0) is 13.7. The number of hydrogen-bond acceptors (Lipinski definition) is 6. The van der Waals surface area contributed by atoms with Gasteiger partial charge in [0.1, 0.15) is 0 Å². The molecule has 0 radical (unpaired) electrons. The van der Waals surface area contributed by atoms with Crippen LogP contribution in [0.25, 0.3) is 0 Å². The molecule has 2 heterocycles. The lowest BCUT2D eigenvalue weighted by atomic mass is 10.1. The van der Waals surface area contributed by atoms with Crippen LogP contribution in [0, 0.1) is 6.92 Å². The van der Waals surface area contributed by atoms with E-state index in [1.54, 1.807) is 6.92 Å². The van der Waals surface area contributed by atoms with E-state index in [4.69, 9.17) is 10.3 Å². The normalized spacial score (nSPS) is 17.6. The molecular weight excluding hydrogens is 246 g/mol. The zero-order valence-electron chi connectivity index (χ0n) is 11.3. The summed E-state index contributed by atoms with van der Waals surface area (Å²) in [6.07, 6.45) is 2.50. The molecule has 19 heavy (non-hydrogen) atoms. The van der Waals surface area contributed by atoms with Gasteiger partial charge in [-0.25, -0.2) is 0 Å². The molecule has 7 nitrogen and oxygen atoms in total. The van der Waals surface area contributed by atoms with E-state index in [0.29, 0.717) is 37.3 Å². The maximum Gasteiger partial charge on any atom is 0.234 e. The van der Waals surface area contributed by atoms with E-state index >= 15 is 0 Å². The second-order valence-corrected chi connectivity index (χ2v) is 4.95. The van der Waals surface area contributed by atoms with Gasteiger partial charge in [-0.2, -0.15) is 4.98 Å². The van der Waals surface area contributed by atoms with Gasteiger partial charge in [0, 0.05) is 32.1 Å². The first-order valence-corrected chi connectivity index (χ1v) is 6.67. The van der Waals surface area contributed by atoms with E-state index in [2.05, 4.69) is 20.4 Å². The number of nitrogens with zero attached hydrogens (tertiary/aromatic N) is 3. The number of nitrogens with one attached hydrogen (secondary N) is 1. The number of aryl methyl sites for hydroxylation is 1. The number of piperidine rings is 1. The minimum atomic E-state index is 0.0340. The van der Waals surface area contributed by atoms with Gasteiger partial charge in [0.25, 0.3) is 0 Å². The van der Waals surface area contributed by atoms with Crippen molar-refractivity contribution in [2.45, 2.75) is 32.2 Å². The Hall–Kier alpha value is -1.47. The summed E-state index contributed by atoms with van der Waals surface area (Å²) in [5.41, 5.74) is 5.82. The van der Waals surface area contributed by atoms with Gasteiger partial charge < -0.3 is 15.6 Å². The smallest absolute Gasteiger partial charge is 0.234 e. The number of aromatic nitrogens is 2. The summed E-state index contributed by atoms with van der Waals surface area (Å²) in [7, 11) is 0. The summed E-state index contributed by atoms with van der Waals surface area (Å²) in [4.78, 5) is 18.0. The van der Waals surface area contributed by atoms with Gasteiger partial charge in [0.05, 0.1) is 6.54 Å². The van der Waals surface area contributed by atoms with Crippen molar-refractivity contribution in [2.75, 3.05) is 26.2 Å². The van der Waals surface area contributed by atoms with Crippen LogP contribution < -0.4 is 11.1 Å². The molecule has 1 aliphatic rings. The van der Waals surface area contributed by atoms with Crippen molar-refractivity contribution >= 4 is 5.91 Å². The second kappa shape index (κ2) is 6.63. The molecule has 3 N–H and O–H groups in total. The number of amides is 1. The van der Waals surface area contributed by atoms with Crippen molar-refractivity contribution in [2.24, 2.45) is 5.73 Å². The van der Waals surface area contributed by atoms with Gasteiger partial charge in [0.15, 0.2) is 5.82 Å². The molecule has 0 bridgehead atoms. The highest BCUT2D eigenvalue weighted by Gasteiger charge is 2.17. The van der Waals surface area contributed by atoms with Gasteiger partial charge in [-0.3, -0.25) is 9.69 Å². The van der Waals surface area contributed by atoms with E-state index in [-0.39, 0.29) is 5.91 Å². The fourth-order valence-electron chi connectivity index (χ4n) is 2.12. The molecule has 0 unspecified atom stereocenters. The molecule has 1 aromatic heterocycles. The van der Waals surface area contributed by atoms with Crippen LogP contribution in [0.2, 0.25) is 0 Å². The van der Waals surface area contributed by atoms with E-state index < -0.39 is 0 Å². The van der Waals surface area contributed by atoms with Crippen LogP contribution in [0.15, 0.2) is 4.52 Å². The Kier molecular flexibility index (Phi) is 4.86. The van der Waals surface area contributed by atoms with E-state index in [1.807, 2.05) is 0 Å². The van der Waals surface area contributed by atoms with Crippen molar-refractivity contribution < 1.29 is 9.32 Å². The molecule has 1 amide bonds. The van der Waals surface area contributed by atoms with Gasteiger partial charge in [-0.05, 0) is 19.8 Å². The molecule has 2 rings (SSSR count). The molecule has 7 heteroatoms. The number of nitrogens with two attached hydrogens (primary N) is 1. The fourth-order valence-corrected chi connectivity index (χ4v) is 2.12. The summed E-state index contributed by atoms with van der Waals surface area (Å²) in [6.45, 7) is 4.53. The highest BCUT2D eigenvalue weighted by atomic mass is 16.5. The number of hydrogen-bond donors (Lipinski definition) is 2. The highest BCUT2D eigenvalue weighted by molar-refractivity contribution is 5.78. The molecule has 106 valence electrons. The third kappa shape index (κ3) is 4.60. The van der Waals surface area contributed by atoms with Crippen molar-refractivity contribution in [1.82, 2.24) is 20.4 Å². The Labute approximate surface area is 112 Å². The zero-order valence-corrected chi connectivity index (χ0v) is 11.3. The number of likely N-dealkylation sites (tertiary alicyclic amines) is 1. The summed E-state index contributed by atoms with van der Waals surface area (Å²) >= 11 is 0. The van der Waals surface area contributed by atoms with E-state index in [0.717, 1.165) is 25.9 Å². The lowest BCUT2D eigenvalue weighted by Gasteiger charge is -2.29. The minimum Gasteiger partial charge on any atom is -0.354 e. The van der Waals surface area contributed by atoms with Gasteiger partial charge in [0.2, 0.25) is 11.8 Å². The summed E-state index contributed by atoms with van der Waals surface area (Å²) in [5.74, 6) is 1.21. The first kappa shape index (κ1) is 14.0. The Morgan fingerprint density at radius 2 is 2.26 bits per heavy atom. The molecule has 1 fully saturated rings. The van der Waals surface area contributed by atoms with Crippen molar-refractivity contribution in [3.05, 3.63) is 11.7 Å². The third-order valence-electron chi connectivity index (χ3n) is 3.23. The molecule has 1 saturated heterocycles. The topological polar surface area (TPSA) is 97.3 Å². The molecule has 0 saturated carbocycles. The summed E-state index contributed by atoms with van der Waals surface area (Å²) in [5, 5.41) is 6.56. The van der Waals surface area contributed by atoms with Crippen LogP contribution in [0.4, 0.5) is 0 Å². The monoisotopic (exact) mass is 267 g/mol. The fraction of sp³-hybridized carbons (Fsp3) is 0.750. The van der Waals surface area contributed by atoms with Crippen LogP contribution in [-0.2, 0) is 11.2 Å². The Morgan fingerprint density at radius 3 is 2.89 bits per heavy atom. The van der Waals surface area contributed by atoms with E-state index in [9.17, 15) is 4.79 Å². The maximum absolute atomic E-state index is 11.7. The Bertz CT molecular complexity index is 412. The quantitative estimate of drug-likeness (QED) is 0.743. The van der Waals surface area contributed by atoms with Crippen LogP contribution in [0.1, 0.15) is 24.6 Å². The highest BCUT2D eigenvalue weighted by Crippen LogP contribution is 2.07. The average Bonchev–Trinajstić information content (AvgIpc) is 2.78. The van der Waals surface area contributed by atoms with Gasteiger partial charge in [-0.1, -0.05) is 5.16 Å². The van der Waals surface area contributed by atoms with Crippen molar-refractivity contribution in [3.8, 4) is 0 Å². The number of carbonyl (C=O) groups excluding carboxylic acids is 1. The van der Waals surface area contributed by atoms with Gasteiger partial charge >= 0.3 is 0 Å².